The van der Waals surface area contributed by atoms with Crippen LogP contribution in [0.5, 0.6) is 0 Å². The smallest absolute Gasteiger partial charge is 0.313 e. The number of halogens is 4. The Labute approximate surface area is 146 Å². The van der Waals surface area contributed by atoms with E-state index in [1.165, 1.54) is 0 Å². The Kier molecular flexibility index (Phi) is 5.57. The van der Waals surface area contributed by atoms with Gasteiger partial charge in [-0.15, -0.1) is 0 Å². The van der Waals surface area contributed by atoms with Gasteiger partial charge in [0.1, 0.15) is 5.82 Å². The molecule has 0 aliphatic rings. The van der Waals surface area contributed by atoms with Crippen molar-refractivity contribution in [3.05, 3.63) is 57.9 Å². The van der Waals surface area contributed by atoms with Crippen LogP contribution in [0.25, 0.3) is 11.1 Å². The largest absolute Gasteiger partial charge is 0.416 e. The highest BCUT2D eigenvalue weighted by molar-refractivity contribution is 5.73. The fourth-order valence-corrected chi connectivity index (χ4v) is 3.36. The molecule has 5 heteroatoms. The number of alkyl halides is 3. The maximum absolute atomic E-state index is 14.6. The van der Waals surface area contributed by atoms with Crippen molar-refractivity contribution >= 4 is 0 Å². The van der Waals surface area contributed by atoms with Crippen LogP contribution in [0, 0.1) is 26.6 Å². The van der Waals surface area contributed by atoms with Crippen molar-refractivity contribution in [2.24, 2.45) is 0 Å². The highest BCUT2D eigenvalue weighted by Crippen LogP contribution is 2.37. The molecule has 0 radical (unpaired) electrons. The molecule has 0 aliphatic carbocycles. The molecule has 0 amide bonds. The van der Waals surface area contributed by atoms with Crippen LogP contribution in [0.15, 0.2) is 24.3 Å². The molecule has 0 bridgehead atoms. The van der Waals surface area contributed by atoms with Crippen molar-refractivity contribution in [2.75, 3.05) is 7.05 Å². The Morgan fingerprint density at radius 1 is 0.960 bits per heavy atom. The Morgan fingerprint density at radius 2 is 1.52 bits per heavy atom. The number of rotatable bonds is 4. The zero-order valence-corrected chi connectivity index (χ0v) is 15.1. The van der Waals surface area contributed by atoms with E-state index in [0.29, 0.717) is 28.7 Å². The van der Waals surface area contributed by atoms with Crippen LogP contribution >= 0.6 is 0 Å². The molecule has 1 atom stereocenters. The van der Waals surface area contributed by atoms with Gasteiger partial charge >= 0.3 is 6.18 Å². The van der Waals surface area contributed by atoms with Crippen LogP contribution in [0.1, 0.15) is 47.2 Å². The normalized spacial score (nSPS) is 13.2. The molecule has 0 saturated heterocycles. The number of hydrogen-bond acceptors (Lipinski definition) is 1. The number of nitrogens with one attached hydrogen (secondary N) is 1. The predicted octanol–water partition coefficient (Wildman–Crippen LogP) is 6.11. The lowest BCUT2D eigenvalue weighted by atomic mass is 9.89. The van der Waals surface area contributed by atoms with Crippen molar-refractivity contribution in [1.82, 2.24) is 5.32 Å². The van der Waals surface area contributed by atoms with E-state index in [1.54, 1.807) is 40.0 Å². The van der Waals surface area contributed by atoms with Gasteiger partial charge in [0.2, 0.25) is 0 Å². The minimum atomic E-state index is -4.38. The van der Waals surface area contributed by atoms with Gasteiger partial charge in [0.25, 0.3) is 0 Å². The summed E-state index contributed by atoms with van der Waals surface area (Å²) < 4.78 is 53.6. The first-order valence-corrected chi connectivity index (χ1v) is 8.26. The molecule has 0 spiro atoms. The van der Waals surface area contributed by atoms with Crippen LogP contribution in [0.2, 0.25) is 0 Å². The van der Waals surface area contributed by atoms with E-state index in [-0.39, 0.29) is 11.9 Å². The summed E-state index contributed by atoms with van der Waals surface area (Å²) in [5.74, 6) is -0.271. The maximum atomic E-state index is 14.6. The van der Waals surface area contributed by atoms with Gasteiger partial charge < -0.3 is 5.32 Å². The number of hydrogen-bond donors (Lipinski definition) is 1. The summed E-state index contributed by atoms with van der Waals surface area (Å²) in [6, 6.07) is 5.60. The third-order valence-corrected chi connectivity index (χ3v) is 4.56. The van der Waals surface area contributed by atoms with Gasteiger partial charge in [-0.2, -0.15) is 13.2 Å². The second-order valence-electron chi connectivity index (χ2n) is 6.43. The van der Waals surface area contributed by atoms with Gasteiger partial charge in [-0.1, -0.05) is 6.92 Å². The zero-order chi connectivity index (χ0) is 18.9. The highest BCUT2D eigenvalue weighted by Gasteiger charge is 2.31. The molecular formula is C20H23F4N. The molecule has 2 rings (SSSR count). The standard InChI is InChI=1S/C20H23F4N/c1-6-17(25-5)16-10-14(7-13(4)19(16)21)18-11(2)8-15(9-12(18)3)20(22,23)24/h7-10,17,25H,6H2,1-5H3. The van der Waals surface area contributed by atoms with Gasteiger partial charge in [-0.3, -0.25) is 0 Å². The molecule has 2 aromatic carbocycles. The van der Waals surface area contributed by atoms with Gasteiger partial charge in [0, 0.05) is 11.6 Å². The lowest BCUT2D eigenvalue weighted by molar-refractivity contribution is -0.137. The summed E-state index contributed by atoms with van der Waals surface area (Å²) in [4.78, 5) is 0. The van der Waals surface area contributed by atoms with E-state index < -0.39 is 11.7 Å². The Morgan fingerprint density at radius 3 is 1.96 bits per heavy atom. The molecule has 136 valence electrons. The minimum Gasteiger partial charge on any atom is -0.313 e. The molecule has 0 saturated carbocycles. The second-order valence-corrected chi connectivity index (χ2v) is 6.43. The third-order valence-electron chi connectivity index (χ3n) is 4.56. The predicted molar refractivity (Wildman–Crippen MR) is 93.1 cm³/mol. The molecule has 1 nitrogen and oxygen atoms in total. The summed E-state index contributed by atoms with van der Waals surface area (Å²) in [6.07, 6.45) is -3.67. The maximum Gasteiger partial charge on any atom is 0.416 e. The Hall–Kier alpha value is -1.88. The van der Waals surface area contributed by atoms with Crippen LogP contribution in [-0.4, -0.2) is 7.05 Å². The molecule has 0 fully saturated rings. The SMILES string of the molecule is CCC(NC)c1cc(-c2c(C)cc(C(F)(F)F)cc2C)cc(C)c1F. The van der Waals surface area contributed by atoms with Crippen LogP contribution in [-0.2, 0) is 6.18 Å². The number of benzene rings is 2. The van der Waals surface area contributed by atoms with E-state index in [1.807, 2.05) is 6.92 Å². The second kappa shape index (κ2) is 7.16. The molecule has 1 N–H and O–H groups in total. The van der Waals surface area contributed by atoms with E-state index in [9.17, 15) is 17.6 Å². The molecule has 0 aliphatic heterocycles. The van der Waals surface area contributed by atoms with Crippen LogP contribution in [0.3, 0.4) is 0 Å². The summed E-state index contributed by atoms with van der Waals surface area (Å²) in [5.41, 5.74) is 2.89. The van der Waals surface area contributed by atoms with Crippen LogP contribution < -0.4 is 5.32 Å². The van der Waals surface area contributed by atoms with E-state index >= 15 is 0 Å². The molecular weight excluding hydrogens is 330 g/mol. The van der Waals surface area contributed by atoms with Crippen molar-refractivity contribution in [3.63, 3.8) is 0 Å². The monoisotopic (exact) mass is 353 g/mol. The molecule has 0 aromatic heterocycles. The van der Waals surface area contributed by atoms with Crippen molar-refractivity contribution in [3.8, 4) is 11.1 Å². The summed E-state index contributed by atoms with van der Waals surface area (Å²) >= 11 is 0. The first-order valence-electron chi connectivity index (χ1n) is 8.26. The van der Waals surface area contributed by atoms with E-state index in [0.717, 1.165) is 23.3 Å². The summed E-state index contributed by atoms with van der Waals surface area (Å²) in [7, 11) is 1.77. The lowest BCUT2D eigenvalue weighted by Gasteiger charge is -2.20. The fourth-order valence-electron chi connectivity index (χ4n) is 3.36. The van der Waals surface area contributed by atoms with Crippen molar-refractivity contribution in [2.45, 2.75) is 46.3 Å². The van der Waals surface area contributed by atoms with Crippen molar-refractivity contribution < 1.29 is 17.6 Å². The lowest BCUT2D eigenvalue weighted by Crippen LogP contribution is -2.17. The summed E-state index contributed by atoms with van der Waals surface area (Å²) in [6.45, 7) is 6.95. The molecule has 1 unspecified atom stereocenters. The third kappa shape index (κ3) is 3.87. The number of aryl methyl sites for hydroxylation is 3. The average Bonchev–Trinajstić information content (AvgIpc) is 2.51. The molecule has 2 aromatic rings. The van der Waals surface area contributed by atoms with Gasteiger partial charge in [-0.25, -0.2) is 4.39 Å². The average molecular weight is 353 g/mol. The van der Waals surface area contributed by atoms with Crippen molar-refractivity contribution in [1.29, 1.82) is 0 Å². The van der Waals surface area contributed by atoms with Gasteiger partial charge in [-0.05, 0) is 86.3 Å². The van der Waals surface area contributed by atoms with Crippen LogP contribution in [0.4, 0.5) is 17.6 Å². The minimum absolute atomic E-state index is 0.145. The summed E-state index contributed by atoms with van der Waals surface area (Å²) in [5, 5.41) is 3.08. The quantitative estimate of drug-likeness (QED) is 0.654. The van der Waals surface area contributed by atoms with E-state index in [2.05, 4.69) is 5.32 Å². The first-order chi connectivity index (χ1) is 11.6. The first kappa shape index (κ1) is 19.4. The Bertz CT molecular complexity index is 751. The van der Waals surface area contributed by atoms with E-state index in [4.69, 9.17) is 0 Å². The van der Waals surface area contributed by atoms with Gasteiger partial charge in [0.15, 0.2) is 0 Å². The van der Waals surface area contributed by atoms with Gasteiger partial charge in [0.05, 0.1) is 5.56 Å². The topological polar surface area (TPSA) is 12.0 Å². The Balaban J connectivity index is 2.67. The fraction of sp³-hybridized carbons (Fsp3) is 0.400. The highest BCUT2D eigenvalue weighted by atomic mass is 19.4. The molecule has 25 heavy (non-hydrogen) atoms. The molecule has 0 heterocycles. The zero-order valence-electron chi connectivity index (χ0n) is 15.1.